The number of unbranched alkanes of at least 4 members (excludes halogenated alkanes) is 3. The molecule has 0 saturated carbocycles. The fourth-order valence-electron chi connectivity index (χ4n) is 4.07. The Morgan fingerprint density at radius 2 is 1.80 bits per heavy atom. The van der Waals surface area contributed by atoms with E-state index in [9.17, 15) is 0 Å². The van der Waals surface area contributed by atoms with Crippen molar-refractivity contribution < 1.29 is 0 Å². The van der Waals surface area contributed by atoms with E-state index in [2.05, 4.69) is 37.7 Å². The monoisotopic (exact) mass is 280 g/mol. The summed E-state index contributed by atoms with van der Waals surface area (Å²) in [6.07, 6.45) is 13.8. The molecule has 1 heterocycles. The third kappa shape index (κ3) is 4.33. The zero-order valence-corrected chi connectivity index (χ0v) is 14.1. The fourth-order valence-corrected chi connectivity index (χ4v) is 4.07. The van der Waals surface area contributed by atoms with Crippen LogP contribution in [0.3, 0.4) is 0 Å². The minimum absolute atomic E-state index is 0.379. The zero-order valence-electron chi connectivity index (χ0n) is 14.1. The largest absolute Gasteiger partial charge is 0.315 e. The normalized spacial score (nSPS) is 18.4. The lowest BCUT2D eigenvalue weighted by molar-refractivity contribution is 0.0606. The molecule has 118 valence electrons. The molecule has 1 saturated heterocycles. The van der Waals surface area contributed by atoms with Gasteiger partial charge in [0.25, 0.3) is 0 Å². The van der Waals surface area contributed by atoms with E-state index in [-0.39, 0.29) is 0 Å². The van der Waals surface area contributed by atoms with Crippen LogP contribution in [0.4, 0.5) is 0 Å². The predicted octanol–water partition coefficient (Wildman–Crippen LogP) is 4.37. The highest BCUT2D eigenvalue weighted by Gasteiger charge is 2.40. The number of nitrogens with one attached hydrogen (secondary N) is 1. The van der Waals surface area contributed by atoms with Crippen molar-refractivity contribution in [3.05, 3.63) is 12.7 Å². The van der Waals surface area contributed by atoms with Crippen LogP contribution in [0.1, 0.15) is 71.6 Å². The molecule has 1 aliphatic rings. The van der Waals surface area contributed by atoms with Gasteiger partial charge < -0.3 is 5.32 Å². The standard InChI is InChI=1S/C18H36N2/c1-5-8-9-10-11-14-17(19-4)18(6-2,7-3)20-15-12-13-16-20/h5,17,19H,1,6-16H2,2-4H3. The minimum atomic E-state index is 0.379. The third-order valence-corrected chi connectivity index (χ3v) is 5.36. The maximum absolute atomic E-state index is 3.81. The quantitative estimate of drug-likeness (QED) is 0.447. The number of rotatable bonds is 11. The fraction of sp³-hybridized carbons (Fsp3) is 0.889. The summed E-state index contributed by atoms with van der Waals surface area (Å²) in [7, 11) is 2.16. The summed E-state index contributed by atoms with van der Waals surface area (Å²) < 4.78 is 0. The van der Waals surface area contributed by atoms with Crippen LogP contribution in [0.25, 0.3) is 0 Å². The predicted molar refractivity (Wildman–Crippen MR) is 90.2 cm³/mol. The van der Waals surface area contributed by atoms with Crippen LogP contribution in [-0.2, 0) is 0 Å². The van der Waals surface area contributed by atoms with Gasteiger partial charge in [-0.1, -0.05) is 32.8 Å². The summed E-state index contributed by atoms with van der Waals surface area (Å²) in [5.41, 5.74) is 0.379. The van der Waals surface area contributed by atoms with Crippen molar-refractivity contribution in [3.63, 3.8) is 0 Å². The van der Waals surface area contributed by atoms with Crippen molar-refractivity contribution >= 4 is 0 Å². The van der Waals surface area contributed by atoms with Crippen LogP contribution in [0, 0.1) is 0 Å². The Balaban J connectivity index is 2.58. The molecule has 1 aliphatic heterocycles. The minimum Gasteiger partial charge on any atom is -0.315 e. The third-order valence-electron chi connectivity index (χ3n) is 5.36. The number of hydrogen-bond acceptors (Lipinski definition) is 2. The Morgan fingerprint density at radius 3 is 2.30 bits per heavy atom. The van der Waals surface area contributed by atoms with Crippen molar-refractivity contribution in [2.45, 2.75) is 83.2 Å². The molecule has 1 N–H and O–H groups in total. The van der Waals surface area contributed by atoms with Crippen LogP contribution < -0.4 is 5.32 Å². The molecule has 2 nitrogen and oxygen atoms in total. The first-order chi connectivity index (χ1) is 9.75. The van der Waals surface area contributed by atoms with Gasteiger partial charge in [0, 0.05) is 11.6 Å². The van der Waals surface area contributed by atoms with E-state index in [0.29, 0.717) is 11.6 Å². The first-order valence-corrected chi connectivity index (χ1v) is 8.78. The summed E-state index contributed by atoms with van der Waals surface area (Å²) in [4.78, 5) is 2.78. The van der Waals surface area contributed by atoms with Gasteiger partial charge in [-0.15, -0.1) is 6.58 Å². The van der Waals surface area contributed by atoms with Crippen molar-refractivity contribution in [2.75, 3.05) is 20.1 Å². The summed E-state index contributed by atoms with van der Waals surface area (Å²) >= 11 is 0. The van der Waals surface area contributed by atoms with E-state index in [4.69, 9.17) is 0 Å². The average Bonchev–Trinajstić information content (AvgIpc) is 3.01. The van der Waals surface area contributed by atoms with E-state index in [1.807, 2.05) is 6.08 Å². The number of hydrogen-bond donors (Lipinski definition) is 1. The van der Waals surface area contributed by atoms with Crippen molar-refractivity contribution in [1.29, 1.82) is 0 Å². The highest BCUT2D eigenvalue weighted by atomic mass is 15.2. The number of likely N-dealkylation sites (tertiary alicyclic amines) is 1. The average molecular weight is 280 g/mol. The van der Waals surface area contributed by atoms with Gasteiger partial charge >= 0.3 is 0 Å². The Kier molecular flexibility index (Phi) is 8.47. The van der Waals surface area contributed by atoms with E-state index in [1.165, 1.54) is 70.9 Å². The lowest BCUT2D eigenvalue weighted by atomic mass is 9.80. The highest BCUT2D eigenvalue weighted by molar-refractivity contribution is 4.99. The van der Waals surface area contributed by atoms with E-state index < -0.39 is 0 Å². The molecule has 0 aromatic heterocycles. The van der Waals surface area contributed by atoms with Gasteiger partial charge in [-0.3, -0.25) is 4.90 Å². The number of likely N-dealkylation sites (N-methyl/N-ethyl adjacent to an activating group) is 1. The highest BCUT2D eigenvalue weighted by Crippen LogP contribution is 2.33. The van der Waals surface area contributed by atoms with E-state index in [0.717, 1.165) is 0 Å². The number of allylic oxidation sites excluding steroid dienone is 1. The van der Waals surface area contributed by atoms with Crippen molar-refractivity contribution in [3.8, 4) is 0 Å². The summed E-state index contributed by atoms with van der Waals surface area (Å²) in [5.74, 6) is 0. The maximum Gasteiger partial charge on any atom is 0.0357 e. The van der Waals surface area contributed by atoms with Crippen LogP contribution in [0.5, 0.6) is 0 Å². The van der Waals surface area contributed by atoms with Crippen LogP contribution >= 0.6 is 0 Å². The molecule has 1 unspecified atom stereocenters. The van der Waals surface area contributed by atoms with Crippen molar-refractivity contribution in [2.24, 2.45) is 0 Å². The first-order valence-electron chi connectivity index (χ1n) is 8.78. The second-order valence-electron chi connectivity index (χ2n) is 6.27. The molecule has 0 spiro atoms. The van der Waals surface area contributed by atoms with Gasteiger partial charge in [-0.05, 0) is 65.1 Å². The number of nitrogens with zero attached hydrogens (tertiary/aromatic N) is 1. The van der Waals surface area contributed by atoms with Gasteiger partial charge in [0.2, 0.25) is 0 Å². The van der Waals surface area contributed by atoms with Gasteiger partial charge in [0.05, 0.1) is 0 Å². The molecule has 0 amide bonds. The first kappa shape index (κ1) is 17.7. The molecule has 1 rings (SSSR count). The van der Waals surface area contributed by atoms with Gasteiger partial charge in [0.1, 0.15) is 0 Å². The second-order valence-corrected chi connectivity index (χ2v) is 6.27. The molecule has 0 aromatic carbocycles. The van der Waals surface area contributed by atoms with Crippen LogP contribution in [0.2, 0.25) is 0 Å². The molecule has 1 fully saturated rings. The second kappa shape index (κ2) is 9.57. The molecule has 2 heteroatoms. The van der Waals surface area contributed by atoms with Crippen molar-refractivity contribution in [1.82, 2.24) is 10.2 Å². The molecule has 0 aliphatic carbocycles. The molecule has 0 aromatic rings. The van der Waals surface area contributed by atoms with Gasteiger partial charge in [0.15, 0.2) is 0 Å². The smallest absolute Gasteiger partial charge is 0.0357 e. The lowest BCUT2D eigenvalue weighted by Crippen LogP contribution is -2.59. The zero-order chi connectivity index (χ0) is 14.8. The van der Waals surface area contributed by atoms with Crippen LogP contribution in [-0.4, -0.2) is 36.6 Å². The Bertz CT molecular complexity index is 252. The SMILES string of the molecule is C=CCCCCCC(NC)C(CC)(CC)N1CCCC1. The van der Waals surface area contributed by atoms with Crippen LogP contribution in [0.15, 0.2) is 12.7 Å². The van der Waals surface area contributed by atoms with Gasteiger partial charge in [-0.2, -0.15) is 0 Å². The van der Waals surface area contributed by atoms with E-state index >= 15 is 0 Å². The Labute approximate surface area is 127 Å². The van der Waals surface area contributed by atoms with Gasteiger partial charge in [-0.25, -0.2) is 0 Å². The molecule has 0 radical (unpaired) electrons. The maximum atomic E-state index is 3.81. The molecular weight excluding hydrogens is 244 g/mol. The summed E-state index contributed by atoms with van der Waals surface area (Å²) in [6.45, 7) is 11.2. The molecule has 0 bridgehead atoms. The lowest BCUT2D eigenvalue weighted by Gasteiger charge is -2.47. The summed E-state index contributed by atoms with van der Waals surface area (Å²) in [6, 6.07) is 0.638. The Morgan fingerprint density at radius 1 is 1.15 bits per heavy atom. The summed E-state index contributed by atoms with van der Waals surface area (Å²) in [5, 5.41) is 3.65. The van der Waals surface area contributed by atoms with E-state index in [1.54, 1.807) is 0 Å². The molecule has 20 heavy (non-hydrogen) atoms. The topological polar surface area (TPSA) is 15.3 Å². The molecular formula is C18H36N2. The molecule has 1 atom stereocenters. The Hall–Kier alpha value is -0.340.